The van der Waals surface area contributed by atoms with Gasteiger partial charge in [-0.05, 0) is 18.8 Å². The Labute approximate surface area is 90.8 Å². The van der Waals surface area contributed by atoms with Gasteiger partial charge >= 0.3 is 0 Å². The van der Waals surface area contributed by atoms with Crippen molar-refractivity contribution < 1.29 is 0 Å². The van der Waals surface area contributed by atoms with Crippen LogP contribution in [-0.4, -0.2) is 15.0 Å². The van der Waals surface area contributed by atoms with Crippen molar-refractivity contribution in [3.05, 3.63) is 11.4 Å². The van der Waals surface area contributed by atoms with Crippen LogP contribution >= 0.6 is 0 Å². The van der Waals surface area contributed by atoms with E-state index in [1.165, 1.54) is 25.0 Å². The molecule has 0 unspecified atom stereocenters. The minimum absolute atomic E-state index is 0.518. The van der Waals surface area contributed by atoms with Gasteiger partial charge in [-0.1, -0.05) is 25.5 Å². The van der Waals surface area contributed by atoms with E-state index in [0.717, 1.165) is 12.2 Å². The quantitative estimate of drug-likeness (QED) is 0.818. The highest BCUT2D eigenvalue weighted by Gasteiger charge is 2.27. The zero-order valence-electron chi connectivity index (χ0n) is 9.61. The number of aromatic nitrogens is 3. The summed E-state index contributed by atoms with van der Waals surface area (Å²) in [6.07, 6.45) is 3.89. The summed E-state index contributed by atoms with van der Waals surface area (Å²) >= 11 is 0. The summed E-state index contributed by atoms with van der Waals surface area (Å²) in [6, 6.07) is 0. The molecule has 1 aromatic rings. The maximum atomic E-state index is 5.70. The van der Waals surface area contributed by atoms with Gasteiger partial charge in [0.2, 0.25) is 0 Å². The lowest BCUT2D eigenvalue weighted by molar-refractivity contribution is 0.369. The molecule has 2 rings (SSSR count). The smallest absolute Gasteiger partial charge is 0.0997 e. The molecule has 0 aliphatic heterocycles. The Morgan fingerprint density at radius 2 is 2.20 bits per heavy atom. The number of rotatable bonds is 4. The lowest BCUT2D eigenvalue weighted by Crippen LogP contribution is -2.19. The van der Waals surface area contributed by atoms with Gasteiger partial charge in [0.15, 0.2) is 0 Å². The standard InChI is InChI=1S/C11H20N4/c1-8(2)7-15-11(9-4-3-5-9)10(6-12)13-14-15/h8-9H,3-7,12H2,1-2H3. The average Bonchev–Trinajstić information content (AvgIpc) is 2.45. The molecular weight excluding hydrogens is 188 g/mol. The Balaban J connectivity index is 2.24. The number of nitrogens with two attached hydrogens (primary N) is 1. The molecule has 84 valence electrons. The Morgan fingerprint density at radius 1 is 1.47 bits per heavy atom. The first-order valence-electron chi connectivity index (χ1n) is 5.84. The molecule has 0 bridgehead atoms. The molecule has 1 aromatic heterocycles. The summed E-state index contributed by atoms with van der Waals surface area (Å²) in [4.78, 5) is 0. The fraction of sp³-hybridized carbons (Fsp3) is 0.818. The molecule has 2 N–H and O–H groups in total. The van der Waals surface area contributed by atoms with E-state index >= 15 is 0 Å². The van der Waals surface area contributed by atoms with Gasteiger partial charge in [-0.3, -0.25) is 0 Å². The lowest BCUT2D eigenvalue weighted by Gasteiger charge is -2.27. The monoisotopic (exact) mass is 208 g/mol. The van der Waals surface area contributed by atoms with Crippen LogP contribution in [0.2, 0.25) is 0 Å². The van der Waals surface area contributed by atoms with Gasteiger partial charge in [-0.25, -0.2) is 4.68 Å². The summed E-state index contributed by atoms with van der Waals surface area (Å²) in [5.41, 5.74) is 8.00. The van der Waals surface area contributed by atoms with Crippen LogP contribution in [0, 0.1) is 5.92 Å². The number of hydrogen-bond acceptors (Lipinski definition) is 3. The van der Waals surface area contributed by atoms with Crippen LogP contribution in [-0.2, 0) is 13.1 Å². The number of hydrogen-bond donors (Lipinski definition) is 1. The minimum atomic E-state index is 0.518. The summed E-state index contributed by atoms with van der Waals surface area (Å²) in [5, 5.41) is 8.40. The molecule has 0 atom stereocenters. The van der Waals surface area contributed by atoms with Gasteiger partial charge < -0.3 is 5.73 Å². The van der Waals surface area contributed by atoms with E-state index in [4.69, 9.17) is 5.73 Å². The van der Waals surface area contributed by atoms with Gasteiger partial charge in [-0.15, -0.1) is 5.10 Å². The van der Waals surface area contributed by atoms with Gasteiger partial charge in [0.25, 0.3) is 0 Å². The van der Waals surface area contributed by atoms with Crippen LogP contribution in [0.4, 0.5) is 0 Å². The second kappa shape index (κ2) is 4.31. The zero-order valence-corrected chi connectivity index (χ0v) is 9.61. The van der Waals surface area contributed by atoms with Crippen LogP contribution < -0.4 is 5.73 Å². The Hall–Kier alpha value is -0.900. The first-order valence-corrected chi connectivity index (χ1v) is 5.84. The van der Waals surface area contributed by atoms with Crippen LogP contribution in [0.5, 0.6) is 0 Å². The van der Waals surface area contributed by atoms with Crippen molar-refractivity contribution >= 4 is 0 Å². The molecule has 0 amide bonds. The fourth-order valence-electron chi connectivity index (χ4n) is 2.11. The van der Waals surface area contributed by atoms with E-state index in [1.54, 1.807) is 0 Å². The highest BCUT2D eigenvalue weighted by atomic mass is 15.4. The molecule has 1 heterocycles. The summed E-state index contributed by atoms with van der Waals surface area (Å²) in [7, 11) is 0. The molecule has 15 heavy (non-hydrogen) atoms. The fourth-order valence-corrected chi connectivity index (χ4v) is 2.11. The molecular formula is C11H20N4. The molecule has 4 heteroatoms. The Bertz CT molecular complexity index is 325. The van der Waals surface area contributed by atoms with Gasteiger partial charge in [-0.2, -0.15) is 0 Å². The van der Waals surface area contributed by atoms with E-state index in [1.807, 2.05) is 0 Å². The number of nitrogens with zero attached hydrogens (tertiary/aromatic N) is 3. The summed E-state index contributed by atoms with van der Waals surface area (Å²) in [6.45, 7) is 5.88. The van der Waals surface area contributed by atoms with Crippen molar-refractivity contribution in [2.45, 2.75) is 52.1 Å². The van der Waals surface area contributed by atoms with Crippen LogP contribution in [0.1, 0.15) is 50.4 Å². The van der Waals surface area contributed by atoms with Gasteiger partial charge in [0.1, 0.15) is 0 Å². The molecule has 0 aromatic carbocycles. The predicted molar refractivity (Wildman–Crippen MR) is 59.3 cm³/mol. The van der Waals surface area contributed by atoms with Crippen molar-refractivity contribution in [2.24, 2.45) is 11.7 Å². The highest BCUT2D eigenvalue weighted by molar-refractivity contribution is 5.17. The third-order valence-corrected chi connectivity index (χ3v) is 3.07. The Kier molecular flexibility index (Phi) is 3.05. The largest absolute Gasteiger partial charge is 0.325 e. The van der Waals surface area contributed by atoms with Gasteiger partial charge in [0.05, 0.1) is 11.4 Å². The zero-order chi connectivity index (χ0) is 10.8. The van der Waals surface area contributed by atoms with E-state index in [2.05, 4.69) is 28.8 Å². The third kappa shape index (κ3) is 2.04. The van der Waals surface area contributed by atoms with Gasteiger partial charge in [0, 0.05) is 19.0 Å². The summed E-state index contributed by atoms with van der Waals surface area (Å²) < 4.78 is 2.07. The van der Waals surface area contributed by atoms with E-state index in [0.29, 0.717) is 18.4 Å². The maximum absolute atomic E-state index is 5.70. The van der Waals surface area contributed by atoms with Crippen molar-refractivity contribution in [3.8, 4) is 0 Å². The van der Waals surface area contributed by atoms with Crippen molar-refractivity contribution in [3.63, 3.8) is 0 Å². The van der Waals surface area contributed by atoms with E-state index in [9.17, 15) is 0 Å². The topological polar surface area (TPSA) is 56.7 Å². The minimum Gasteiger partial charge on any atom is -0.325 e. The Morgan fingerprint density at radius 3 is 2.67 bits per heavy atom. The molecule has 1 aliphatic carbocycles. The van der Waals surface area contributed by atoms with E-state index < -0.39 is 0 Å². The van der Waals surface area contributed by atoms with Crippen LogP contribution in [0.25, 0.3) is 0 Å². The SMILES string of the molecule is CC(C)Cn1nnc(CN)c1C1CCC1. The molecule has 1 saturated carbocycles. The molecule has 1 fully saturated rings. The highest BCUT2D eigenvalue weighted by Crippen LogP contribution is 2.37. The van der Waals surface area contributed by atoms with Crippen molar-refractivity contribution in [2.75, 3.05) is 0 Å². The molecule has 0 spiro atoms. The van der Waals surface area contributed by atoms with Crippen LogP contribution in [0.3, 0.4) is 0 Å². The predicted octanol–water partition coefficient (Wildman–Crippen LogP) is 1.66. The molecule has 4 nitrogen and oxygen atoms in total. The molecule has 0 radical (unpaired) electrons. The third-order valence-electron chi connectivity index (χ3n) is 3.07. The second-order valence-corrected chi connectivity index (χ2v) is 4.83. The maximum Gasteiger partial charge on any atom is 0.0997 e. The first-order chi connectivity index (χ1) is 7.22. The normalized spacial score (nSPS) is 17.1. The molecule has 1 aliphatic rings. The lowest BCUT2D eigenvalue weighted by atomic mass is 9.82. The van der Waals surface area contributed by atoms with E-state index in [-0.39, 0.29) is 0 Å². The molecule has 0 saturated heterocycles. The van der Waals surface area contributed by atoms with Crippen molar-refractivity contribution in [1.82, 2.24) is 15.0 Å². The average molecular weight is 208 g/mol. The van der Waals surface area contributed by atoms with Crippen molar-refractivity contribution in [1.29, 1.82) is 0 Å². The van der Waals surface area contributed by atoms with Crippen LogP contribution in [0.15, 0.2) is 0 Å². The first kappa shape index (κ1) is 10.6. The summed E-state index contributed by atoms with van der Waals surface area (Å²) in [5.74, 6) is 1.27. The second-order valence-electron chi connectivity index (χ2n) is 4.83.